The quantitative estimate of drug-likeness (QED) is 0.356. The number of nitrogens with one attached hydrogen (secondary N) is 1. The van der Waals surface area contributed by atoms with Gasteiger partial charge in [-0.25, -0.2) is 15.0 Å². The summed E-state index contributed by atoms with van der Waals surface area (Å²) < 4.78 is 7.62. The molecule has 4 atom stereocenters. The number of hydrogen-bond donors (Lipinski definition) is 3. The Hall–Kier alpha value is -2.98. The molecule has 0 amide bonds. The molecule has 3 heterocycles. The topological polar surface area (TPSA) is 105 Å². The van der Waals surface area contributed by atoms with E-state index in [1.165, 1.54) is 17.5 Å². The minimum atomic E-state index is -1.07. The number of rotatable bonds is 8. The van der Waals surface area contributed by atoms with Gasteiger partial charge >= 0.3 is 0 Å². The van der Waals surface area contributed by atoms with Crippen LogP contribution >= 0.6 is 11.8 Å². The summed E-state index contributed by atoms with van der Waals surface area (Å²) in [6, 6.07) is 20.7. The van der Waals surface area contributed by atoms with Crippen LogP contribution in [0, 0.1) is 0 Å². The van der Waals surface area contributed by atoms with E-state index in [-0.39, 0.29) is 5.92 Å². The van der Waals surface area contributed by atoms with Gasteiger partial charge in [-0.15, -0.1) is 0 Å². The van der Waals surface area contributed by atoms with Gasteiger partial charge in [0.05, 0.1) is 12.4 Å². The third-order valence-corrected chi connectivity index (χ3v) is 6.84. The lowest BCUT2D eigenvalue weighted by atomic mass is 9.91. The van der Waals surface area contributed by atoms with E-state index in [2.05, 4.69) is 44.5 Å². The molecule has 8 nitrogen and oxygen atoms in total. The molecule has 176 valence electrons. The van der Waals surface area contributed by atoms with Crippen molar-refractivity contribution >= 4 is 28.7 Å². The Morgan fingerprint density at radius 2 is 1.65 bits per heavy atom. The number of imidazole rings is 1. The first-order chi connectivity index (χ1) is 16.7. The summed E-state index contributed by atoms with van der Waals surface area (Å²) >= 11 is 1.56. The normalized spacial score (nSPS) is 22.5. The lowest BCUT2D eigenvalue weighted by molar-refractivity contribution is -0.0288. The van der Waals surface area contributed by atoms with Gasteiger partial charge in [-0.1, -0.05) is 60.7 Å². The Morgan fingerprint density at radius 1 is 0.971 bits per heavy atom. The first-order valence-electron chi connectivity index (χ1n) is 11.2. The van der Waals surface area contributed by atoms with Crippen molar-refractivity contribution in [2.75, 3.05) is 23.9 Å². The number of hydrogen-bond acceptors (Lipinski definition) is 8. The highest BCUT2D eigenvalue weighted by Gasteiger charge is 2.44. The third-order valence-electron chi connectivity index (χ3n) is 6.18. The Labute approximate surface area is 202 Å². The average molecular weight is 478 g/mol. The summed E-state index contributed by atoms with van der Waals surface area (Å²) in [5, 5.41) is 24.4. The van der Waals surface area contributed by atoms with Crippen molar-refractivity contribution in [2.24, 2.45) is 0 Å². The minimum absolute atomic E-state index is 0.122. The molecule has 2 aromatic carbocycles. The number of nitrogens with zero attached hydrogens (tertiary/aromatic N) is 4. The highest BCUT2D eigenvalue weighted by Crippen LogP contribution is 2.33. The number of anilines is 1. The van der Waals surface area contributed by atoms with E-state index in [9.17, 15) is 10.2 Å². The van der Waals surface area contributed by atoms with E-state index in [1.54, 1.807) is 22.7 Å². The number of aliphatic hydroxyl groups excluding tert-OH is 2. The fourth-order valence-electron chi connectivity index (χ4n) is 4.43. The molecule has 0 unspecified atom stereocenters. The van der Waals surface area contributed by atoms with Crippen LogP contribution in [0.25, 0.3) is 11.2 Å². The molecule has 9 heteroatoms. The number of fused-ring (bicyclic) bond motifs is 1. The van der Waals surface area contributed by atoms with Crippen molar-refractivity contribution < 1.29 is 14.9 Å². The Kier molecular flexibility index (Phi) is 6.77. The molecule has 1 aliphatic rings. The number of aliphatic hydroxyl groups is 2. The zero-order valence-corrected chi connectivity index (χ0v) is 19.5. The van der Waals surface area contributed by atoms with Gasteiger partial charge in [0.15, 0.2) is 23.2 Å². The van der Waals surface area contributed by atoms with Crippen LogP contribution in [0.5, 0.6) is 0 Å². The van der Waals surface area contributed by atoms with Crippen LogP contribution in [0.4, 0.5) is 5.82 Å². The summed E-state index contributed by atoms with van der Waals surface area (Å²) in [4.78, 5) is 13.3. The summed E-state index contributed by atoms with van der Waals surface area (Å²) in [5.74, 6) is 1.31. The van der Waals surface area contributed by atoms with Crippen molar-refractivity contribution in [1.29, 1.82) is 0 Å². The largest absolute Gasteiger partial charge is 0.387 e. The van der Waals surface area contributed by atoms with E-state index >= 15 is 0 Å². The van der Waals surface area contributed by atoms with Crippen LogP contribution in [0.15, 0.2) is 73.3 Å². The Balaban J connectivity index is 1.41. The van der Waals surface area contributed by atoms with Crippen molar-refractivity contribution in [2.45, 2.75) is 30.5 Å². The van der Waals surface area contributed by atoms with Crippen molar-refractivity contribution in [1.82, 2.24) is 19.5 Å². The van der Waals surface area contributed by atoms with Crippen LogP contribution in [-0.2, 0) is 4.74 Å². The zero-order valence-electron chi connectivity index (χ0n) is 18.7. The second kappa shape index (κ2) is 10.1. The van der Waals surface area contributed by atoms with Crippen molar-refractivity contribution in [3.05, 3.63) is 84.4 Å². The molecule has 5 rings (SSSR count). The van der Waals surface area contributed by atoms with Gasteiger partial charge in [-0.3, -0.25) is 4.57 Å². The number of benzene rings is 2. The summed E-state index contributed by atoms with van der Waals surface area (Å²) in [7, 11) is 0. The fraction of sp³-hybridized carbons (Fsp3) is 0.320. The number of thioether (sulfide) groups is 1. The zero-order chi connectivity index (χ0) is 23.5. The van der Waals surface area contributed by atoms with Crippen LogP contribution in [0.2, 0.25) is 0 Å². The molecule has 0 bridgehead atoms. The minimum Gasteiger partial charge on any atom is -0.387 e. The predicted molar refractivity (Wildman–Crippen MR) is 133 cm³/mol. The molecule has 0 radical (unpaired) electrons. The molecule has 0 saturated carbocycles. The Morgan fingerprint density at radius 3 is 2.29 bits per heavy atom. The van der Waals surface area contributed by atoms with Crippen LogP contribution in [0.1, 0.15) is 23.3 Å². The molecule has 0 spiro atoms. The smallest absolute Gasteiger partial charge is 0.167 e. The standard InChI is InChI=1S/C25H27N5O3S/c1-34-13-19-21(31)22(32)25(33-19)30-15-29-20-23(27-14-28-24(20)30)26-12-18(16-8-4-2-5-9-16)17-10-6-3-7-11-17/h2-11,14-15,18-19,21-22,25,31-32H,12-13H2,1H3,(H,26,27,28)/t19-,21-,22-,25-/m1/s1. The molecule has 2 aromatic heterocycles. The maximum absolute atomic E-state index is 10.6. The van der Waals surface area contributed by atoms with Crippen LogP contribution in [0.3, 0.4) is 0 Å². The molecule has 1 aliphatic heterocycles. The van der Waals surface area contributed by atoms with Gasteiger partial charge in [-0.2, -0.15) is 11.8 Å². The molecular weight excluding hydrogens is 450 g/mol. The molecule has 4 aromatic rings. The SMILES string of the molecule is CSC[C@H]1O[C@@H](n2cnc3c(NCC(c4ccccc4)c4ccccc4)ncnc32)[C@H](O)[C@@H]1O. The first kappa shape index (κ1) is 22.8. The van der Waals surface area contributed by atoms with Gasteiger partial charge in [0.2, 0.25) is 0 Å². The van der Waals surface area contributed by atoms with E-state index in [0.29, 0.717) is 29.3 Å². The second-order valence-corrected chi connectivity index (χ2v) is 9.21. The van der Waals surface area contributed by atoms with Gasteiger partial charge < -0.3 is 20.3 Å². The van der Waals surface area contributed by atoms with Gasteiger partial charge in [-0.05, 0) is 17.4 Å². The van der Waals surface area contributed by atoms with Crippen LogP contribution in [-0.4, -0.2) is 66.6 Å². The molecule has 34 heavy (non-hydrogen) atoms. The lowest BCUT2D eigenvalue weighted by Crippen LogP contribution is -2.32. The summed E-state index contributed by atoms with van der Waals surface area (Å²) in [5.41, 5.74) is 3.53. The highest BCUT2D eigenvalue weighted by molar-refractivity contribution is 7.98. The summed E-state index contributed by atoms with van der Waals surface area (Å²) in [6.45, 7) is 0.615. The van der Waals surface area contributed by atoms with E-state index < -0.39 is 24.5 Å². The molecular formula is C25H27N5O3S. The van der Waals surface area contributed by atoms with E-state index in [1.807, 2.05) is 42.7 Å². The number of aromatic nitrogens is 4. The first-order valence-corrected chi connectivity index (χ1v) is 12.6. The fourth-order valence-corrected chi connectivity index (χ4v) is 5.03. The van der Waals surface area contributed by atoms with Gasteiger partial charge in [0.25, 0.3) is 0 Å². The average Bonchev–Trinajstić information content (AvgIpc) is 3.43. The molecule has 1 fully saturated rings. The molecule has 1 saturated heterocycles. The lowest BCUT2D eigenvalue weighted by Gasteiger charge is -2.19. The maximum Gasteiger partial charge on any atom is 0.167 e. The van der Waals surface area contributed by atoms with Gasteiger partial charge in [0.1, 0.15) is 18.5 Å². The molecule has 3 N–H and O–H groups in total. The van der Waals surface area contributed by atoms with E-state index in [4.69, 9.17) is 4.74 Å². The van der Waals surface area contributed by atoms with Crippen LogP contribution < -0.4 is 5.32 Å². The van der Waals surface area contributed by atoms with Crippen molar-refractivity contribution in [3.8, 4) is 0 Å². The summed E-state index contributed by atoms with van der Waals surface area (Å²) in [6.07, 6.45) is 1.74. The van der Waals surface area contributed by atoms with Gasteiger partial charge in [0, 0.05) is 18.2 Å². The maximum atomic E-state index is 10.6. The highest BCUT2D eigenvalue weighted by atomic mass is 32.2. The van der Waals surface area contributed by atoms with Crippen molar-refractivity contribution in [3.63, 3.8) is 0 Å². The number of ether oxygens (including phenoxy) is 1. The molecule has 0 aliphatic carbocycles. The monoisotopic (exact) mass is 477 g/mol. The second-order valence-electron chi connectivity index (χ2n) is 8.30. The predicted octanol–water partition coefficient (Wildman–Crippen LogP) is 3.05. The Bertz CT molecular complexity index is 1180. The van der Waals surface area contributed by atoms with E-state index in [0.717, 1.165) is 0 Å². The third kappa shape index (κ3) is 4.39.